The number of hydrogen-bond donors (Lipinski definition) is 0. The molecule has 2 heterocycles. The molecular formula is C23H34O. The lowest BCUT2D eigenvalue weighted by atomic mass is 9.55. The van der Waals surface area contributed by atoms with Crippen molar-refractivity contribution in [1.29, 1.82) is 0 Å². The molecule has 6 bridgehead atoms. The summed E-state index contributed by atoms with van der Waals surface area (Å²) in [7, 11) is 0. The molecule has 7 fully saturated rings. The topological polar surface area (TPSA) is 9.23 Å². The summed E-state index contributed by atoms with van der Waals surface area (Å²) in [6.45, 7) is 0. The molecule has 24 heavy (non-hydrogen) atoms. The van der Waals surface area contributed by atoms with Gasteiger partial charge in [0, 0.05) is 5.41 Å². The van der Waals surface area contributed by atoms with Crippen LogP contribution in [-0.2, 0) is 4.74 Å². The fourth-order valence-electron chi connectivity index (χ4n) is 10.4. The van der Waals surface area contributed by atoms with Gasteiger partial charge in [0.2, 0.25) is 0 Å². The van der Waals surface area contributed by atoms with E-state index in [1.54, 1.807) is 57.8 Å². The van der Waals surface area contributed by atoms with E-state index >= 15 is 0 Å². The second-order valence-corrected chi connectivity index (χ2v) is 11.4. The molecule has 132 valence electrons. The van der Waals surface area contributed by atoms with Crippen LogP contribution in [0.3, 0.4) is 0 Å². The molecule has 1 heteroatoms. The standard InChI is InChI=1S/C23H34O/c1-2-17-16-6-10-22(13-16,18(17)3-1)23-11-7-20(24-23)19(14-23)21-8-4-15(12-21)5-9-21/h15-20H,1-14H2. The highest BCUT2D eigenvalue weighted by Crippen LogP contribution is 2.76. The molecular weight excluding hydrogens is 292 g/mol. The molecule has 0 aromatic carbocycles. The van der Waals surface area contributed by atoms with Crippen molar-refractivity contribution in [2.75, 3.05) is 0 Å². The van der Waals surface area contributed by atoms with Crippen LogP contribution in [0.25, 0.3) is 0 Å². The first-order valence-electron chi connectivity index (χ1n) is 11.4. The molecule has 7 atom stereocenters. The molecule has 2 saturated heterocycles. The van der Waals surface area contributed by atoms with Crippen LogP contribution >= 0.6 is 0 Å². The van der Waals surface area contributed by atoms with Crippen molar-refractivity contribution in [3.8, 4) is 0 Å². The molecule has 0 aromatic heterocycles. The normalized spacial score (nSPS) is 66.0. The maximum Gasteiger partial charge on any atom is 0.0750 e. The minimum atomic E-state index is 0.344. The van der Waals surface area contributed by atoms with Crippen LogP contribution in [0.1, 0.15) is 89.9 Å². The summed E-state index contributed by atoms with van der Waals surface area (Å²) >= 11 is 0. The van der Waals surface area contributed by atoms with Crippen LogP contribution in [0, 0.1) is 40.4 Å². The van der Waals surface area contributed by atoms with Crippen LogP contribution in [-0.4, -0.2) is 11.7 Å². The summed E-state index contributed by atoms with van der Waals surface area (Å²) < 4.78 is 7.14. The van der Waals surface area contributed by atoms with Gasteiger partial charge in [0.25, 0.3) is 0 Å². The molecule has 0 radical (unpaired) electrons. The molecule has 0 spiro atoms. The van der Waals surface area contributed by atoms with Crippen LogP contribution in [0.2, 0.25) is 0 Å². The van der Waals surface area contributed by atoms with Gasteiger partial charge in [0.05, 0.1) is 11.7 Å². The Morgan fingerprint density at radius 2 is 1.62 bits per heavy atom. The summed E-state index contributed by atoms with van der Waals surface area (Å²) in [6, 6.07) is 0. The van der Waals surface area contributed by atoms with Crippen molar-refractivity contribution in [3.05, 3.63) is 0 Å². The molecule has 7 rings (SSSR count). The van der Waals surface area contributed by atoms with Crippen LogP contribution in [0.5, 0.6) is 0 Å². The smallest absolute Gasteiger partial charge is 0.0750 e. The van der Waals surface area contributed by atoms with Gasteiger partial charge in [-0.2, -0.15) is 0 Å². The van der Waals surface area contributed by atoms with Crippen LogP contribution in [0.15, 0.2) is 0 Å². The van der Waals surface area contributed by atoms with Crippen molar-refractivity contribution in [2.45, 2.75) is 102 Å². The van der Waals surface area contributed by atoms with Gasteiger partial charge in [0.1, 0.15) is 0 Å². The van der Waals surface area contributed by atoms with Gasteiger partial charge in [-0.15, -0.1) is 0 Å². The van der Waals surface area contributed by atoms with Crippen LogP contribution in [0.4, 0.5) is 0 Å². The molecule has 7 unspecified atom stereocenters. The lowest BCUT2D eigenvalue weighted by Crippen LogP contribution is -2.50. The predicted molar refractivity (Wildman–Crippen MR) is 94.6 cm³/mol. The van der Waals surface area contributed by atoms with Crippen molar-refractivity contribution in [1.82, 2.24) is 0 Å². The number of fused-ring (bicyclic) bond motifs is 10. The monoisotopic (exact) mass is 326 g/mol. The maximum absolute atomic E-state index is 7.14. The van der Waals surface area contributed by atoms with Gasteiger partial charge in [0.15, 0.2) is 0 Å². The fraction of sp³-hybridized carbons (Fsp3) is 1.00. The number of rotatable bonds is 2. The van der Waals surface area contributed by atoms with E-state index < -0.39 is 0 Å². The van der Waals surface area contributed by atoms with Crippen molar-refractivity contribution >= 4 is 0 Å². The lowest BCUT2D eigenvalue weighted by molar-refractivity contribution is -0.112. The molecule has 7 aliphatic rings. The Morgan fingerprint density at radius 1 is 0.708 bits per heavy atom. The third kappa shape index (κ3) is 1.40. The number of hydrogen-bond acceptors (Lipinski definition) is 1. The number of ether oxygens (including phenoxy) is 1. The highest BCUT2D eigenvalue weighted by molar-refractivity contribution is 5.22. The largest absolute Gasteiger partial charge is 0.371 e. The van der Waals surface area contributed by atoms with Gasteiger partial charge < -0.3 is 4.74 Å². The second kappa shape index (κ2) is 4.26. The lowest BCUT2D eigenvalue weighted by Gasteiger charge is -2.49. The van der Waals surface area contributed by atoms with Gasteiger partial charge in [-0.3, -0.25) is 0 Å². The Morgan fingerprint density at radius 3 is 2.46 bits per heavy atom. The fourth-order valence-corrected chi connectivity index (χ4v) is 10.4. The zero-order valence-corrected chi connectivity index (χ0v) is 15.3. The van der Waals surface area contributed by atoms with Crippen molar-refractivity contribution in [3.63, 3.8) is 0 Å². The Hall–Kier alpha value is -0.0400. The third-order valence-electron chi connectivity index (χ3n) is 11.2. The maximum atomic E-state index is 7.14. The highest BCUT2D eigenvalue weighted by atomic mass is 16.5. The molecule has 2 aliphatic heterocycles. The Labute approximate surface area is 147 Å². The predicted octanol–water partition coefficient (Wildman–Crippen LogP) is 5.72. The van der Waals surface area contributed by atoms with Crippen LogP contribution < -0.4 is 0 Å². The van der Waals surface area contributed by atoms with E-state index in [2.05, 4.69) is 0 Å². The van der Waals surface area contributed by atoms with Crippen molar-refractivity contribution in [2.24, 2.45) is 40.4 Å². The Bertz CT molecular complexity index is 575. The first-order valence-corrected chi connectivity index (χ1v) is 11.4. The quantitative estimate of drug-likeness (QED) is 0.630. The zero-order valence-electron chi connectivity index (χ0n) is 15.3. The summed E-state index contributed by atoms with van der Waals surface area (Å²) in [4.78, 5) is 0. The average molecular weight is 327 g/mol. The first kappa shape index (κ1) is 14.1. The minimum absolute atomic E-state index is 0.344. The van der Waals surface area contributed by atoms with E-state index in [4.69, 9.17) is 4.74 Å². The van der Waals surface area contributed by atoms with Gasteiger partial charge in [-0.1, -0.05) is 6.42 Å². The molecule has 0 N–H and O–H groups in total. The molecule has 1 nitrogen and oxygen atoms in total. The van der Waals surface area contributed by atoms with E-state index in [0.29, 0.717) is 17.1 Å². The van der Waals surface area contributed by atoms with E-state index in [1.807, 2.05) is 0 Å². The Kier molecular flexibility index (Phi) is 2.50. The first-order chi connectivity index (χ1) is 11.7. The molecule has 5 aliphatic carbocycles. The minimum Gasteiger partial charge on any atom is -0.371 e. The van der Waals surface area contributed by atoms with Crippen molar-refractivity contribution < 1.29 is 4.74 Å². The molecule has 0 aromatic rings. The zero-order chi connectivity index (χ0) is 15.6. The van der Waals surface area contributed by atoms with E-state index in [0.717, 1.165) is 35.0 Å². The van der Waals surface area contributed by atoms with E-state index in [9.17, 15) is 0 Å². The van der Waals surface area contributed by atoms with E-state index in [1.165, 1.54) is 32.1 Å². The molecule has 5 saturated carbocycles. The summed E-state index contributed by atoms with van der Waals surface area (Å²) in [6.07, 6.45) is 22.1. The third-order valence-corrected chi connectivity index (χ3v) is 11.2. The summed E-state index contributed by atoms with van der Waals surface area (Å²) in [5.74, 6) is 5.31. The van der Waals surface area contributed by atoms with Gasteiger partial charge in [-0.25, -0.2) is 0 Å². The van der Waals surface area contributed by atoms with Gasteiger partial charge >= 0.3 is 0 Å². The highest BCUT2D eigenvalue weighted by Gasteiger charge is 2.73. The second-order valence-electron chi connectivity index (χ2n) is 11.4. The Balaban J connectivity index is 1.27. The van der Waals surface area contributed by atoms with E-state index in [-0.39, 0.29) is 0 Å². The average Bonchev–Trinajstić information content (AvgIpc) is 3.46. The SMILES string of the molecule is C1CC2C3CCC(C45CCC(O4)C(C46CCC(CC4)C6)C5)(C3)C2C1. The van der Waals surface area contributed by atoms with Gasteiger partial charge in [-0.05, 0) is 118 Å². The summed E-state index contributed by atoms with van der Waals surface area (Å²) in [5.41, 5.74) is 1.71. The molecule has 0 amide bonds. The summed E-state index contributed by atoms with van der Waals surface area (Å²) in [5, 5.41) is 0.